The maximum absolute atomic E-state index is 14.9. The summed E-state index contributed by atoms with van der Waals surface area (Å²) in [5.41, 5.74) is 9.91. The van der Waals surface area contributed by atoms with Crippen LogP contribution in [0.2, 0.25) is 0 Å². The Morgan fingerprint density at radius 1 is 0.933 bits per heavy atom. The van der Waals surface area contributed by atoms with E-state index in [1.54, 1.807) is 12.1 Å². The van der Waals surface area contributed by atoms with Crippen LogP contribution in [0.5, 0.6) is 11.5 Å². The second kappa shape index (κ2) is 12.1. The van der Waals surface area contributed by atoms with Gasteiger partial charge in [0.05, 0.1) is 17.3 Å². The second-order valence-electron chi connectivity index (χ2n) is 11.6. The number of hydrogen-bond acceptors (Lipinski definition) is 8. The molecule has 2 aliphatic rings. The number of likely N-dealkylation sites (tertiary alicyclic amines) is 1. The molecule has 1 atom stereocenters. The number of benzene rings is 3. The van der Waals surface area contributed by atoms with Gasteiger partial charge in [-0.05, 0) is 67.3 Å². The third-order valence-electron chi connectivity index (χ3n) is 8.63. The average Bonchev–Trinajstić information content (AvgIpc) is 3.44. The number of para-hydroxylation sites is 1. The molecule has 7 rings (SSSR count). The number of ether oxygens (including phenoxy) is 1. The summed E-state index contributed by atoms with van der Waals surface area (Å²) in [6, 6.07) is 22.2. The Kier molecular flexibility index (Phi) is 7.68. The number of nitrogens with one attached hydrogen (secondary N) is 1. The van der Waals surface area contributed by atoms with Gasteiger partial charge >= 0.3 is 0 Å². The number of nitrogen functional groups attached to an aromatic ring is 1. The highest BCUT2D eigenvalue weighted by molar-refractivity contribution is 6.01. The van der Waals surface area contributed by atoms with Crippen molar-refractivity contribution >= 4 is 28.7 Å². The minimum atomic E-state index is -0.447. The number of nitrogens with two attached hydrogens (primary N) is 1. The summed E-state index contributed by atoms with van der Waals surface area (Å²) in [7, 11) is 0. The fourth-order valence-electron chi connectivity index (χ4n) is 6.26. The van der Waals surface area contributed by atoms with Gasteiger partial charge in [-0.2, -0.15) is 5.10 Å². The number of nitrogens with zero attached hydrogens (tertiary/aromatic N) is 5. The number of carbonyl (C=O) groups excluding carboxylic acids is 2. The van der Waals surface area contributed by atoms with Crippen molar-refractivity contribution < 1.29 is 18.7 Å². The Morgan fingerprint density at radius 2 is 1.69 bits per heavy atom. The molecule has 0 radical (unpaired) electrons. The lowest BCUT2D eigenvalue weighted by molar-refractivity contribution is -0.134. The van der Waals surface area contributed by atoms with Crippen LogP contribution in [0.15, 0.2) is 79.1 Å². The molecule has 5 aromatic rings. The smallest absolute Gasteiger partial charge is 0.234 e. The van der Waals surface area contributed by atoms with Crippen molar-refractivity contribution in [1.29, 1.82) is 0 Å². The molecular weight excluding hydrogens is 573 g/mol. The van der Waals surface area contributed by atoms with Crippen LogP contribution in [0.4, 0.5) is 10.2 Å². The van der Waals surface area contributed by atoms with Gasteiger partial charge in [0, 0.05) is 37.2 Å². The van der Waals surface area contributed by atoms with Crippen LogP contribution in [-0.4, -0.2) is 49.6 Å². The first-order valence-electron chi connectivity index (χ1n) is 15.1. The predicted molar refractivity (Wildman–Crippen MR) is 167 cm³/mol. The summed E-state index contributed by atoms with van der Waals surface area (Å²) < 4.78 is 22.8. The van der Waals surface area contributed by atoms with E-state index >= 15 is 0 Å². The Labute approximate surface area is 259 Å². The number of carbonyl (C=O) groups is 2. The Balaban J connectivity index is 1.07. The number of imide groups is 1. The quantitative estimate of drug-likeness (QED) is 0.237. The van der Waals surface area contributed by atoms with Gasteiger partial charge in [0.1, 0.15) is 35.2 Å². The van der Waals surface area contributed by atoms with Gasteiger partial charge in [0.2, 0.25) is 11.8 Å². The zero-order chi connectivity index (χ0) is 30.9. The van der Waals surface area contributed by atoms with Crippen molar-refractivity contribution in [3.05, 3.63) is 96.1 Å². The van der Waals surface area contributed by atoms with Crippen molar-refractivity contribution in [3.63, 3.8) is 0 Å². The van der Waals surface area contributed by atoms with E-state index in [4.69, 9.17) is 15.6 Å². The SMILES string of the molecule is Nc1ncnc2c1c(-c1ccc(Oc3ccccc3)cc1)nn2C1CCN(Cc2cc(C3CCC(=O)NC3=O)ccc2F)CC1. The molecule has 0 bridgehead atoms. The molecule has 228 valence electrons. The largest absolute Gasteiger partial charge is 0.457 e. The van der Waals surface area contributed by atoms with E-state index in [1.807, 2.05) is 59.3 Å². The van der Waals surface area contributed by atoms with E-state index < -0.39 is 5.92 Å². The molecule has 45 heavy (non-hydrogen) atoms. The predicted octanol–water partition coefficient (Wildman–Crippen LogP) is 5.36. The Hall–Kier alpha value is -5.16. The minimum Gasteiger partial charge on any atom is -0.457 e. The lowest BCUT2D eigenvalue weighted by Gasteiger charge is -2.32. The van der Waals surface area contributed by atoms with Crippen molar-refractivity contribution in [1.82, 2.24) is 30.0 Å². The molecule has 0 aliphatic carbocycles. The minimum absolute atomic E-state index is 0.0761. The summed E-state index contributed by atoms with van der Waals surface area (Å²) in [6.07, 6.45) is 3.76. The average molecular weight is 606 g/mol. The van der Waals surface area contributed by atoms with Gasteiger partial charge in [0.15, 0.2) is 5.65 Å². The zero-order valence-corrected chi connectivity index (χ0v) is 24.5. The number of aromatic nitrogens is 4. The van der Waals surface area contributed by atoms with E-state index in [9.17, 15) is 14.0 Å². The third-order valence-corrected chi connectivity index (χ3v) is 8.63. The van der Waals surface area contributed by atoms with E-state index in [0.29, 0.717) is 46.8 Å². The molecule has 1 unspecified atom stereocenters. The maximum Gasteiger partial charge on any atom is 0.234 e. The molecule has 2 fully saturated rings. The molecule has 3 N–H and O–H groups in total. The standard InChI is InChI=1S/C34H32FN7O3/c35-28-12-8-22(27-11-13-29(43)39-34(27)44)18-23(28)19-41-16-14-24(15-17-41)42-33-30(32(36)37-20-38-33)31(40-42)21-6-9-26(10-7-21)45-25-4-2-1-3-5-25/h1-10,12,18,20,24,27H,11,13-17,19H2,(H2,36,37,38)(H,39,43,44). The topological polar surface area (TPSA) is 128 Å². The summed E-state index contributed by atoms with van der Waals surface area (Å²) in [4.78, 5) is 35.0. The van der Waals surface area contributed by atoms with Gasteiger partial charge in [-0.3, -0.25) is 19.8 Å². The molecule has 0 saturated carbocycles. The number of anilines is 1. The number of piperidine rings is 2. The summed E-state index contributed by atoms with van der Waals surface area (Å²) in [5, 5.41) is 8.11. The molecule has 4 heterocycles. The van der Waals surface area contributed by atoms with Gasteiger partial charge in [-0.15, -0.1) is 0 Å². The normalized spacial score (nSPS) is 17.8. The number of amides is 2. The number of rotatable bonds is 7. The van der Waals surface area contributed by atoms with Crippen LogP contribution in [0, 0.1) is 5.82 Å². The molecule has 2 amide bonds. The van der Waals surface area contributed by atoms with Crippen LogP contribution in [-0.2, 0) is 16.1 Å². The molecular formula is C34H32FN7O3. The molecule has 11 heteroatoms. The monoisotopic (exact) mass is 605 g/mol. The lowest BCUT2D eigenvalue weighted by Crippen LogP contribution is -2.39. The molecule has 0 spiro atoms. The first kappa shape index (κ1) is 28.6. The molecule has 3 aromatic carbocycles. The fraction of sp³-hybridized carbons (Fsp3) is 0.265. The highest BCUT2D eigenvalue weighted by Crippen LogP contribution is 2.36. The Morgan fingerprint density at radius 3 is 2.44 bits per heavy atom. The van der Waals surface area contributed by atoms with Gasteiger partial charge in [-0.25, -0.2) is 19.0 Å². The summed E-state index contributed by atoms with van der Waals surface area (Å²) in [5.74, 6) is 0.503. The number of hydrogen-bond donors (Lipinski definition) is 2. The lowest BCUT2D eigenvalue weighted by atomic mass is 9.89. The van der Waals surface area contributed by atoms with E-state index in [-0.39, 0.29) is 30.1 Å². The van der Waals surface area contributed by atoms with Crippen molar-refractivity contribution in [2.24, 2.45) is 0 Å². The van der Waals surface area contributed by atoms with Crippen molar-refractivity contribution in [2.45, 2.75) is 44.2 Å². The highest BCUT2D eigenvalue weighted by Gasteiger charge is 2.30. The molecule has 2 aliphatic heterocycles. The van der Waals surface area contributed by atoms with Crippen molar-refractivity contribution in [3.8, 4) is 22.8 Å². The van der Waals surface area contributed by atoms with Gasteiger partial charge in [-0.1, -0.05) is 30.3 Å². The molecule has 2 saturated heterocycles. The van der Waals surface area contributed by atoms with Gasteiger partial charge < -0.3 is 10.5 Å². The molecule has 2 aromatic heterocycles. The first-order chi connectivity index (χ1) is 21.9. The zero-order valence-electron chi connectivity index (χ0n) is 24.5. The Bertz CT molecular complexity index is 1870. The van der Waals surface area contributed by atoms with Crippen LogP contribution in [0.25, 0.3) is 22.3 Å². The van der Waals surface area contributed by atoms with E-state index in [0.717, 1.165) is 42.8 Å². The summed E-state index contributed by atoms with van der Waals surface area (Å²) in [6.45, 7) is 1.89. The third kappa shape index (κ3) is 5.86. The molecule has 10 nitrogen and oxygen atoms in total. The van der Waals surface area contributed by atoms with E-state index in [1.165, 1.54) is 12.4 Å². The van der Waals surface area contributed by atoms with Crippen LogP contribution < -0.4 is 15.8 Å². The first-order valence-corrected chi connectivity index (χ1v) is 15.1. The van der Waals surface area contributed by atoms with Crippen LogP contribution >= 0.6 is 0 Å². The highest BCUT2D eigenvalue weighted by atomic mass is 19.1. The van der Waals surface area contributed by atoms with Gasteiger partial charge in [0.25, 0.3) is 0 Å². The summed E-state index contributed by atoms with van der Waals surface area (Å²) >= 11 is 0. The second-order valence-corrected chi connectivity index (χ2v) is 11.6. The fourth-order valence-corrected chi connectivity index (χ4v) is 6.26. The maximum atomic E-state index is 14.9. The van der Waals surface area contributed by atoms with Crippen LogP contribution in [0.1, 0.15) is 48.8 Å². The number of fused-ring (bicyclic) bond motifs is 1. The van der Waals surface area contributed by atoms with Crippen molar-refractivity contribution in [2.75, 3.05) is 18.8 Å². The van der Waals surface area contributed by atoms with E-state index in [2.05, 4.69) is 20.2 Å². The number of halogens is 1. The van der Waals surface area contributed by atoms with Crippen LogP contribution in [0.3, 0.4) is 0 Å².